The predicted molar refractivity (Wildman–Crippen MR) is 75.5 cm³/mol. The van der Waals surface area contributed by atoms with Crippen LogP contribution in [0.3, 0.4) is 0 Å². The third-order valence-corrected chi connectivity index (χ3v) is 3.91. The molecule has 0 spiro atoms. The molecule has 1 aromatic rings. The summed E-state index contributed by atoms with van der Waals surface area (Å²) in [6.07, 6.45) is 6.70. The van der Waals surface area contributed by atoms with Gasteiger partial charge in [0.1, 0.15) is 0 Å². The maximum Gasteiger partial charge on any atom is 0.328 e. The third kappa shape index (κ3) is 3.80. The highest BCUT2D eigenvalue weighted by atomic mass is 16.2. The number of hydrogen-bond donors (Lipinski definition) is 2. The summed E-state index contributed by atoms with van der Waals surface area (Å²) in [6.45, 7) is 5.37. The molecule has 0 radical (unpaired) electrons. The molecule has 2 N–H and O–H groups in total. The lowest BCUT2D eigenvalue weighted by atomic mass is 9.87. The van der Waals surface area contributed by atoms with Crippen molar-refractivity contribution in [3.8, 4) is 0 Å². The van der Waals surface area contributed by atoms with Crippen molar-refractivity contribution >= 4 is 0 Å². The lowest BCUT2D eigenvalue weighted by molar-refractivity contribution is 0.299. The summed E-state index contributed by atoms with van der Waals surface area (Å²) in [5, 5.41) is 3.51. The molecule has 2 unspecified atom stereocenters. The molecule has 2 rings (SSSR count). The van der Waals surface area contributed by atoms with Gasteiger partial charge in [0, 0.05) is 30.9 Å². The molecule has 106 valence electrons. The van der Waals surface area contributed by atoms with Crippen molar-refractivity contribution in [2.45, 2.75) is 52.1 Å². The van der Waals surface area contributed by atoms with Crippen LogP contribution in [-0.2, 0) is 6.54 Å². The fourth-order valence-electron chi connectivity index (χ4n) is 2.79. The predicted octanol–water partition coefficient (Wildman–Crippen LogP) is 1.01. The first-order chi connectivity index (χ1) is 9.06. The number of H-pyrrole nitrogens is 1. The Morgan fingerprint density at radius 3 is 2.95 bits per heavy atom. The molecule has 2 atom stereocenters. The van der Waals surface area contributed by atoms with Crippen molar-refractivity contribution in [2.75, 3.05) is 6.54 Å². The molecular formula is C14H23N3O2. The minimum atomic E-state index is -0.325. The van der Waals surface area contributed by atoms with Crippen LogP contribution < -0.4 is 16.6 Å². The van der Waals surface area contributed by atoms with E-state index in [-0.39, 0.29) is 11.2 Å². The molecule has 0 aromatic carbocycles. The average Bonchev–Trinajstić information content (AvgIpc) is 2.35. The normalized spacial score (nSPS) is 23.5. The zero-order valence-electron chi connectivity index (χ0n) is 11.7. The third-order valence-electron chi connectivity index (χ3n) is 3.91. The lowest BCUT2D eigenvalue weighted by Crippen LogP contribution is -2.38. The first kappa shape index (κ1) is 14.1. The first-order valence-corrected chi connectivity index (χ1v) is 7.10. The Morgan fingerprint density at radius 2 is 2.21 bits per heavy atom. The van der Waals surface area contributed by atoms with Crippen LogP contribution in [0.1, 0.15) is 38.2 Å². The van der Waals surface area contributed by atoms with Gasteiger partial charge in [0.25, 0.3) is 5.56 Å². The summed E-state index contributed by atoms with van der Waals surface area (Å²) in [6, 6.07) is 0.573. The summed E-state index contributed by atoms with van der Waals surface area (Å²) in [5.41, 5.74) is -0.0457. The van der Waals surface area contributed by atoms with E-state index in [2.05, 4.69) is 17.2 Å². The Morgan fingerprint density at radius 1 is 1.42 bits per heavy atom. The van der Waals surface area contributed by atoms with Crippen LogP contribution >= 0.6 is 0 Å². The first-order valence-electron chi connectivity index (χ1n) is 7.10. The summed E-state index contributed by atoms with van der Waals surface area (Å²) in [7, 11) is 0. The number of nitrogens with zero attached hydrogens (tertiary/aromatic N) is 1. The molecule has 5 heteroatoms. The minimum absolute atomic E-state index is 0.296. The number of aromatic nitrogens is 2. The van der Waals surface area contributed by atoms with Gasteiger partial charge in [-0.2, -0.15) is 0 Å². The Bertz CT molecular complexity index is 532. The summed E-state index contributed by atoms with van der Waals surface area (Å²) < 4.78 is 1.57. The molecule has 5 nitrogen and oxygen atoms in total. The molecule has 1 heterocycles. The van der Waals surface area contributed by atoms with E-state index in [4.69, 9.17) is 0 Å². The van der Waals surface area contributed by atoms with Gasteiger partial charge in [-0.1, -0.05) is 19.8 Å². The highest BCUT2D eigenvalue weighted by Gasteiger charge is 2.17. The van der Waals surface area contributed by atoms with Crippen molar-refractivity contribution in [3.63, 3.8) is 0 Å². The number of hydrogen-bond acceptors (Lipinski definition) is 3. The van der Waals surface area contributed by atoms with Crippen LogP contribution in [0.4, 0.5) is 0 Å². The molecule has 0 aliphatic heterocycles. The number of rotatable bonds is 4. The zero-order chi connectivity index (χ0) is 13.8. The summed E-state index contributed by atoms with van der Waals surface area (Å²) in [4.78, 5) is 25.2. The molecule has 1 aromatic heterocycles. The van der Waals surface area contributed by atoms with Crippen LogP contribution in [0.2, 0.25) is 0 Å². The van der Waals surface area contributed by atoms with E-state index in [0.29, 0.717) is 18.2 Å². The second-order valence-corrected chi connectivity index (χ2v) is 5.69. The van der Waals surface area contributed by atoms with Crippen LogP contribution in [-0.4, -0.2) is 22.1 Å². The van der Waals surface area contributed by atoms with Crippen LogP contribution in [0.25, 0.3) is 0 Å². The maximum atomic E-state index is 11.6. The molecule has 1 aliphatic rings. The Hall–Kier alpha value is -1.36. The Kier molecular flexibility index (Phi) is 4.58. The van der Waals surface area contributed by atoms with Gasteiger partial charge in [-0.05, 0) is 25.7 Å². The SMILES string of the molecule is Cc1cn(CCNC2CCCC(C)C2)c(=O)[nH]c1=O. The van der Waals surface area contributed by atoms with Crippen LogP contribution in [0.5, 0.6) is 0 Å². The smallest absolute Gasteiger partial charge is 0.312 e. The van der Waals surface area contributed by atoms with Gasteiger partial charge >= 0.3 is 5.69 Å². The van der Waals surface area contributed by atoms with E-state index in [0.717, 1.165) is 12.5 Å². The van der Waals surface area contributed by atoms with Crippen molar-refractivity contribution in [3.05, 3.63) is 32.6 Å². The molecule has 0 amide bonds. The standard InChI is InChI=1S/C14H23N3O2/c1-10-4-3-5-12(8-10)15-6-7-17-9-11(2)13(18)16-14(17)19/h9-10,12,15H,3-8H2,1-2H3,(H,16,18,19). The average molecular weight is 265 g/mol. The van der Waals surface area contributed by atoms with Gasteiger partial charge in [0.2, 0.25) is 0 Å². The van der Waals surface area contributed by atoms with Crippen LogP contribution in [0.15, 0.2) is 15.8 Å². The fraction of sp³-hybridized carbons (Fsp3) is 0.714. The summed E-state index contributed by atoms with van der Waals surface area (Å²) in [5.74, 6) is 0.796. The van der Waals surface area contributed by atoms with E-state index in [1.165, 1.54) is 25.7 Å². The van der Waals surface area contributed by atoms with Gasteiger partial charge in [-0.25, -0.2) is 4.79 Å². The monoisotopic (exact) mass is 265 g/mol. The molecule has 1 aliphatic carbocycles. The minimum Gasteiger partial charge on any atom is -0.312 e. The van der Waals surface area contributed by atoms with Gasteiger partial charge in [0.15, 0.2) is 0 Å². The van der Waals surface area contributed by atoms with Crippen molar-refractivity contribution in [1.29, 1.82) is 0 Å². The van der Waals surface area contributed by atoms with Gasteiger partial charge in [0.05, 0.1) is 0 Å². The van der Waals surface area contributed by atoms with E-state index >= 15 is 0 Å². The lowest BCUT2D eigenvalue weighted by Gasteiger charge is -2.27. The van der Waals surface area contributed by atoms with E-state index in [9.17, 15) is 9.59 Å². The Balaban J connectivity index is 1.87. The molecule has 0 saturated heterocycles. The molecule has 1 saturated carbocycles. The molecule has 19 heavy (non-hydrogen) atoms. The second-order valence-electron chi connectivity index (χ2n) is 5.69. The highest BCUT2D eigenvalue weighted by Crippen LogP contribution is 2.23. The zero-order valence-corrected chi connectivity index (χ0v) is 11.7. The number of nitrogens with one attached hydrogen (secondary N) is 2. The fourth-order valence-corrected chi connectivity index (χ4v) is 2.79. The van der Waals surface area contributed by atoms with Crippen molar-refractivity contribution in [2.24, 2.45) is 5.92 Å². The van der Waals surface area contributed by atoms with Crippen molar-refractivity contribution < 1.29 is 0 Å². The topological polar surface area (TPSA) is 66.9 Å². The van der Waals surface area contributed by atoms with Gasteiger partial charge in [-0.15, -0.1) is 0 Å². The second kappa shape index (κ2) is 6.19. The van der Waals surface area contributed by atoms with E-state index in [1.54, 1.807) is 17.7 Å². The quantitative estimate of drug-likeness (QED) is 0.854. The molecule has 1 fully saturated rings. The highest BCUT2D eigenvalue weighted by molar-refractivity contribution is 5.00. The molecule has 0 bridgehead atoms. The van der Waals surface area contributed by atoms with Crippen LogP contribution in [0, 0.1) is 12.8 Å². The number of aromatic amines is 1. The molecular weight excluding hydrogens is 242 g/mol. The maximum absolute atomic E-state index is 11.6. The summed E-state index contributed by atoms with van der Waals surface area (Å²) >= 11 is 0. The van der Waals surface area contributed by atoms with E-state index in [1.807, 2.05) is 0 Å². The van der Waals surface area contributed by atoms with Gasteiger partial charge < -0.3 is 5.32 Å². The Labute approximate surface area is 113 Å². The van der Waals surface area contributed by atoms with Crippen molar-refractivity contribution in [1.82, 2.24) is 14.9 Å². The largest absolute Gasteiger partial charge is 0.328 e. The van der Waals surface area contributed by atoms with Gasteiger partial charge in [-0.3, -0.25) is 14.3 Å². The number of aryl methyl sites for hydroxylation is 1. The van der Waals surface area contributed by atoms with E-state index < -0.39 is 0 Å².